The number of carbonyl (C=O) groups is 4. The molecule has 0 aromatic rings. The third-order valence-corrected chi connectivity index (χ3v) is 10.3. The normalized spacial score (nSPS) is 24.4. The number of nitrogens with zero attached hydrogens (tertiary/aromatic N) is 1. The Morgan fingerprint density at radius 2 is 1.50 bits per heavy atom. The number of carbonyl (C=O) groups excluding carboxylic acids is 3. The van der Waals surface area contributed by atoms with Gasteiger partial charge in [-0.25, -0.2) is 4.79 Å². The first-order valence-corrected chi connectivity index (χ1v) is 20.8. The van der Waals surface area contributed by atoms with Crippen LogP contribution in [-0.4, -0.2) is 111 Å². The Kier molecular flexibility index (Phi) is 23.3. The molecule has 0 aromatic carbocycles. The average molecular weight is 837 g/mol. The van der Waals surface area contributed by atoms with Gasteiger partial charge in [0, 0.05) is 37.9 Å². The van der Waals surface area contributed by atoms with Crippen molar-refractivity contribution in [2.24, 2.45) is 23.5 Å². The van der Waals surface area contributed by atoms with Crippen molar-refractivity contribution in [2.45, 2.75) is 129 Å². The van der Waals surface area contributed by atoms with Gasteiger partial charge in [-0.2, -0.15) is 0 Å². The van der Waals surface area contributed by atoms with Gasteiger partial charge in [-0.05, 0) is 69.8 Å². The summed E-state index contributed by atoms with van der Waals surface area (Å²) in [5.41, 5.74) is 6.66. The van der Waals surface area contributed by atoms with E-state index in [2.05, 4.69) is 49.5 Å². The monoisotopic (exact) mass is 836 g/mol. The zero-order valence-electron chi connectivity index (χ0n) is 36.0. The highest BCUT2D eigenvalue weighted by Gasteiger charge is 2.48. The molecule has 0 bridgehead atoms. The molecule has 1 aliphatic heterocycles. The van der Waals surface area contributed by atoms with Crippen molar-refractivity contribution in [1.82, 2.24) is 10.2 Å². The van der Waals surface area contributed by atoms with Gasteiger partial charge in [-0.3, -0.25) is 19.8 Å². The zero-order chi connectivity index (χ0) is 44.8. The number of carboxylic acid groups (broad SMARTS) is 1. The number of hydrogen-bond acceptors (Lipinski definition) is 10. The van der Waals surface area contributed by atoms with Crippen LogP contribution in [0.3, 0.4) is 0 Å². The van der Waals surface area contributed by atoms with Crippen LogP contribution in [0.5, 0.6) is 0 Å². The van der Waals surface area contributed by atoms with Crippen LogP contribution in [0, 0.1) is 23.2 Å². The number of nitrogens with one attached hydrogen (secondary N) is 2. The van der Waals surface area contributed by atoms with Gasteiger partial charge in [0.1, 0.15) is 24.4 Å². The van der Waals surface area contributed by atoms with E-state index in [1.165, 1.54) is 0 Å². The fourth-order valence-corrected chi connectivity index (χ4v) is 6.60. The number of nitrogens with two attached hydrogens (primary N) is 1. The van der Waals surface area contributed by atoms with Crippen LogP contribution in [0.4, 0.5) is 0 Å². The number of aliphatic hydroxyl groups excluding tert-OH is 3. The SMILES string of the molecule is CC(=CC=CC=CC=CC=CC(C)C(OC1OC(C(=O)O)C(O)C(O)C1O)C(C)=CC(C)CCCC=CC(C)CC=CCCCN(C)C(=N)N)C(=O)NC1C(=O)CCC1=O. The Bertz CT molecular complexity index is 1660. The number of aliphatic carboxylic acids is 1. The van der Waals surface area contributed by atoms with E-state index in [-0.39, 0.29) is 42.2 Å². The predicted molar refractivity (Wildman–Crippen MR) is 232 cm³/mol. The van der Waals surface area contributed by atoms with Crippen molar-refractivity contribution in [2.75, 3.05) is 13.6 Å². The number of guanidine groups is 1. The molecule has 14 nitrogen and oxygen atoms in total. The number of allylic oxidation sites excluding steroid dienone is 13. The second kappa shape index (κ2) is 27.2. The van der Waals surface area contributed by atoms with Crippen molar-refractivity contribution in [3.05, 3.63) is 96.2 Å². The molecule has 8 N–H and O–H groups in total. The minimum Gasteiger partial charge on any atom is -0.479 e. The predicted octanol–water partition coefficient (Wildman–Crippen LogP) is 4.98. The van der Waals surface area contributed by atoms with Crippen LogP contribution in [-0.2, 0) is 28.7 Å². The van der Waals surface area contributed by atoms with Gasteiger partial charge >= 0.3 is 5.97 Å². The first-order valence-electron chi connectivity index (χ1n) is 20.8. The minimum atomic E-state index is -1.83. The van der Waals surface area contributed by atoms with Gasteiger partial charge in [0.05, 0.1) is 6.10 Å². The maximum absolute atomic E-state index is 12.3. The van der Waals surface area contributed by atoms with E-state index in [9.17, 15) is 39.6 Å². The van der Waals surface area contributed by atoms with E-state index in [1.54, 1.807) is 54.4 Å². The lowest BCUT2D eigenvalue weighted by Crippen LogP contribution is -2.61. The molecule has 2 fully saturated rings. The molecule has 9 atom stereocenters. The van der Waals surface area contributed by atoms with Crippen LogP contribution in [0.25, 0.3) is 0 Å². The Labute approximate surface area is 355 Å². The van der Waals surface area contributed by atoms with Crippen molar-refractivity contribution in [3.63, 3.8) is 0 Å². The van der Waals surface area contributed by atoms with Crippen LogP contribution < -0.4 is 11.1 Å². The number of carboxylic acids is 1. The van der Waals surface area contributed by atoms with E-state index in [0.717, 1.165) is 50.6 Å². The first-order chi connectivity index (χ1) is 28.4. The number of rotatable bonds is 24. The summed E-state index contributed by atoms with van der Waals surface area (Å²) < 4.78 is 11.7. The van der Waals surface area contributed by atoms with Crippen LogP contribution in [0.2, 0.25) is 0 Å². The third kappa shape index (κ3) is 18.3. The number of ketones is 2. The van der Waals surface area contributed by atoms with Crippen molar-refractivity contribution in [1.29, 1.82) is 5.41 Å². The van der Waals surface area contributed by atoms with Gasteiger partial charge in [-0.15, -0.1) is 0 Å². The maximum atomic E-state index is 12.3. The molecule has 2 rings (SSSR count). The van der Waals surface area contributed by atoms with Crippen LogP contribution in [0.15, 0.2) is 96.2 Å². The summed E-state index contributed by atoms with van der Waals surface area (Å²) in [6.07, 6.45) is 23.4. The Morgan fingerprint density at radius 3 is 2.13 bits per heavy atom. The lowest BCUT2D eigenvalue weighted by Gasteiger charge is -2.40. The van der Waals surface area contributed by atoms with Gasteiger partial charge < -0.3 is 45.9 Å². The number of amides is 1. The summed E-state index contributed by atoms with van der Waals surface area (Å²) in [7, 11) is 1.81. The largest absolute Gasteiger partial charge is 0.479 e. The van der Waals surface area contributed by atoms with Gasteiger partial charge in [-0.1, -0.05) is 106 Å². The second-order valence-corrected chi connectivity index (χ2v) is 15.8. The number of unbranched alkanes of at least 4 members (excludes halogenated alkanes) is 2. The van der Waals surface area contributed by atoms with E-state index in [0.29, 0.717) is 11.5 Å². The first kappa shape index (κ1) is 51.4. The number of Topliss-reactive ketones (excluding diaryl/α,β-unsaturated/α-hetero) is 2. The molecule has 332 valence electrons. The molecule has 1 heterocycles. The Balaban J connectivity index is 2.01. The second-order valence-electron chi connectivity index (χ2n) is 15.8. The molecule has 0 aromatic heterocycles. The lowest BCUT2D eigenvalue weighted by atomic mass is 9.92. The molecule has 1 amide bonds. The lowest BCUT2D eigenvalue weighted by molar-refractivity contribution is -0.303. The molecular formula is C46H68N4O10. The molecule has 1 saturated carbocycles. The highest BCUT2D eigenvalue weighted by atomic mass is 16.7. The third-order valence-electron chi connectivity index (χ3n) is 10.3. The quantitative estimate of drug-likeness (QED) is 0.0130. The van der Waals surface area contributed by atoms with Gasteiger partial charge in [0.25, 0.3) is 0 Å². The van der Waals surface area contributed by atoms with Crippen LogP contribution >= 0.6 is 0 Å². The van der Waals surface area contributed by atoms with E-state index < -0.39 is 54.7 Å². The molecule has 2 aliphatic rings. The van der Waals surface area contributed by atoms with Crippen molar-refractivity contribution in [3.8, 4) is 0 Å². The summed E-state index contributed by atoms with van der Waals surface area (Å²) in [4.78, 5) is 49.4. The van der Waals surface area contributed by atoms with Gasteiger partial charge in [0.15, 0.2) is 29.9 Å². The van der Waals surface area contributed by atoms with Crippen LogP contribution in [0.1, 0.15) is 86.0 Å². The molecule has 0 radical (unpaired) electrons. The molecule has 0 spiro atoms. The number of ether oxygens (including phenoxy) is 2. The smallest absolute Gasteiger partial charge is 0.335 e. The fraction of sp³-hybridized carbons (Fsp3) is 0.543. The van der Waals surface area contributed by atoms with Gasteiger partial charge in [0.2, 0.25) is 5.91 Å². The topological polar surface area (TPSA) is 233 Å². The Morgan fingerprint density at radius 1 is 0.883 bits per heavy atom. The number of aliphatic hydroxyl groups is 3. The molecular weight excluding hydrogens is 769 g/mol. The van der Waals surface area contributed by atoms with E-state index in [4.69, 9.17) is 20.6 Å². The minimum absolute atomic E-state index is 0.0805. The molecule has 14 heteroatoms. The van der Waals surface area contributed by atoms with E-state index in [1.807, 2.05) is 33.0 Å². The summed E-state index contributed by atoms with van der Waals surface area (Å²) in [6.45, 7) is 10.4. The molecule has 9 unspecified atom stereocenters. The summed E-state index contributed by atoms with van der Waals surface area (Å²) >= 11 is 0. The molecule has 60 heavy (non-hydrogen) atoms. The Hall–Kier alpha value is -4.73. The van der Waals surface area contributed by atoms with Crippen molar-refractivity contribution < 1.29 is 49.1 Å². The van der Waals surface area contributed by atoms with Crippen molar-refractivity contribution >= 4 is 29.4 Å². The zero-order valence-corrected chi connectivity index (χ0v) is 36.0. The highest BCUT2D eigenvalue weighted by Crippen LogP contribution is 2.29. The number of hydrogen-bond donors (Lipinski definition) is 7. The fourth-order valence-electron chi connectivity index (χ4n) is 6.60. The highest BCUT2D eigenvalue weighted by molar-refractivity contribution is 6.15. The standard InChI is InChI=1S/C46H68N4O10/c1-30(21-15-12-13-20-28-50(6)46(47)48)22-16-14-17-23-31(2)29-34(5)41(59-45-40(55)38(53)39(54)42(60-45)44(57)58)32(3)24-18-10-8-7-9-11-19-25-33(4)43(56)49-37-35(51)26-27-36(37)52/h7-12,15-16,18-19,22,24-25,29-32,37-42,45,53-55H,13-14,17,20-21,23,26-28H2,1-6H3,(H3,47,48)(H,49,56)(H,57,58). The summed E-state index contributed by atoms with van der Waals surface area (Å²) in [5, 5.41) is 50.8. The summed E-state index contributed by atoms with van der Waals surface area (Å²) in [5.74, 6) is -2.13. The maximum Gasteiger partial charge on any atom is 0.335 e. The molecule has 1 saturated heterocycles. The average Bonchev–Trinajstić information content (AvgIpc) is 3.51. The molecule has 1 aliphatic carbocycles. The van der Waals surface area contributed by atoms with E-state index >= 15 is 0 Å². The summed E-state index contributed by atoms with van der Waals surface area (Å²) in [6, 6.07) is -1.06.